The fourth-order valence-corrected chi connectivity index (χ4v) is 5.49. The fourth-order valence-electron chi connectivity index (χ4n) is 3.77. The number of carbonyl (C=O) groups is 1. The number of ether oxygens (including phenoxy) is 1. The molecule has 6 nitrogen and oxygen atoms in total. The van der Waals surface area contributed by atoms with E-state index in [1.54, 1.807) is 24.3 Å². The second kappa shape index (κ2) is 13.5. The van der Waals surface area contributed by atoms with E-state index in [1.165, 1.54) is 23.1 Å². The average Bonchev–Trinajstić information content (AvgIpc) is 3.43. The summed E-state index contributed by atoms with van der Waals surface area (Å²) in [7, 11) is 0. The zero-order valence-electron chi connectivity index (χ0n) is 21.7. The van der Waals surface area contributed by atoms with Crippen LogP contribution in [0.3, 0.4) is 0 Å². The number of aromatic nitrogens is 1. The van der Waals surface area contributed by atoms with Gasteiger partial charge in [0.25, 0.3) is 5.91 Å². The predicted molar refractivity (Wildman–Crippen MR) is 177 cm³/mol. The zero-order valence-corrected chi connectivity index (χ0v) is 26.2. The maximum atomic E-state index is 12.6. The molecule has 10 heteroatoms. The lowest BCUT2D eigenvalue weighted by Crippen LogP contribution is -2.17. The van der Waals surface area contributed by atoms with Crippen molar-refractivity contribution in [2.45, 2.75) is 13.5 Å². The van der Waals surface area contributed by atoms with Crippen molar-refractivity contribution < 1.29 is 9.53 Å². The van der Waals surface area contributed by atoms with Crippen molar-refractivity contribution in [1.82, 2.24) is 10.4 Å². The number of halogens is 3. The van der Waals surface area contributed by atoms with E-state index in [2.05, 4.69) is 50.3 Å². The molecule has 5 rings (SSSR count). The van der Waals surface area contributed by atoms with Crippen LogP contribution in [-0.2, 0) is 6.61 Å². The molecule has 0 unspecified atom stereocenters. The Labute approximate surface area is 265 Å². The maximum Gasteiger partial charge on any atom is 0.271 e. The molecule has 0 aliphatic heterocycles. The Morgan fingerprint density at radius 1 is 1.00 bits per heavy atom. The number of aryl methyl sites for hydroxylation is 1. The molecule has 5 aromatic rings. The standard InChI is InChI=1S/C31H23Cl2IN4O2S/c1-19-2-12-25(13-3-19)36-31-37-28(18-41-31)22-6-8-23(9-7-22)30(39)38-35-16-21-14-26(32)29(27(33)15-21)40-17-20-4-10-24(34)11-5-20/h2-16,18H,17H2,1H3,(H,36,37)(H,38,39)/b35-16-. The monoisotopic (exact) mass is 712 g/mol. The summed E-state index contributed by atoms with van der Waals surface area (Å²) in [6, 6.07) is 26.7. The van der Waals surface area contributed by atoms with Gasteiger partial charge in [-0.2, -0.15) is 5.10 Å². The molecule has 41 heavy (non-hydrogen) atoms. The fraction of sp³-hybridized carbons (Fsp3) is 0.0645. The highest BCUT2D eigenvalue weighted by Gasteiger charge is 2.11. The van der Waals surface area contributed by atoms with Gasteiger partial charge in [-0.15, -0.1) is 11.3 Å². The number of hydrogen-bond acceptors (Lipinski definition) is 6. The van der Waals surface area contributed by atoms with Crippen LogP contribution in [0.25, 0.3) is 11.3 Å². The topological polar surface area (TPSA) is 75.6 Å². The van der Waals surface area contributed by atoms with Crippen LogP contribution >= 0.6 is 57.1 Å². The minimum atomic E-state index is -0.345. The molecular weight excluding hydrogens is 690 g/mol. The van der Waals surface area contributed by atoms with Gasteiger partial charge >= 0.3 is 0 Å². The van der Waals surface area contributed by atoms with E-state index in [0.717, 1.165) is 31.2 Å². The van der Waals surface area contributed by atoms with E-state index >= 15 is 0 Å². The quantitative estimate of drug-likeness (QED) is 0.0909. The highest BCUT2D eigenvalue weighted by Crippen LogP contribution is 2.34. The Bertz CT molecular complexity index is 1670. The van der Waals surface area contributed by atoms with Gasteiger partial charge in [-0.3, -0.25) is 4.79 Å². The second-order valence-corrected chi connectivity index (χ2v) is 12.0. The lowest BCUT2D eigenvalue weighted by Gasteiger charge is -2.11. The minimum Gasteiger partial charge on any atom is -0.486 e. The number of hydrazone groups is 1. The van der Waals surface area contributed by atoms with Gasteiger partial charge in [0.2, 0.25) is 0 Å². The molecule has 0 spiro atoms. The van der Waals surface area contributed by atoms with Crippen molar-refractivity contribution in [1.29, 1.82) is 0 Å². The molecule has 1 heterocycles. The van der Waals surface area contributed by atoms with Crippen LogP contribution in [0.1, 0.15) is 27.0 Å². The third-order valence-corrected chi connectivity index (χ3v) is 7.99. The summed E-state index contributed by atoms with van der Waals surface area (Å²) >= 11 is 16.6. The normalized spacial score (nSPS) is 11.0. The van der Waals surface area contributed by atoms with E-state index in [-0.39, 0.29) is 5.91 Å². The second-order valence-electron chi connectivity index (χ2n) is 9.03. The van der Waals surface area contributed by atoms with Crippen LogP contribution in [0.5, 0.6) is 5.75 Å². The highest BCUT2D eigenvalue weighted by molar-refractivity contribution is 14.1. The molecule has 1 aromatic heterocycles. The van der Waals surface area contributed by atoms with E-state index in [4.69, 9.17) is 27.9 Å². The Morgan fingerprint density at radius 3 is 2.37 bits per heavy atom. The molecule has 0 atom stereocenters. The van der Waals surface area contributed by atoms with Gasteiger partial charge in [0, 0.05) is 25.8 Å². The molecule has 206 valence electrons. The first-order valence-corrected chi connectivity index (χ1v) is 15.1. The molecule has 1 amide bonds. The first kappa shape index (κ1) is 29.1. The number of rotatable bonds is 9. The summed E-state index contributed by atoms with van der Waals surface area (Å²) < 4.78 is 6.98. The van der Waals surface area contributed by atoms with E-state index in [0.29, 0.717) is 33.5 Å². The van der Waals surface area contributed by atoms with Gasteiger partial charge in [-0.05, 0) is 89.2 Å². The van der Waals surface area contributed by atoms with Crippen molar-refractivity contribution in [3.05, 3.63) is 126 Å². The molecule has 4 aromatic carbocycles. The third-order valence-electron chi connectivity index (χ3n) is 5.95. The molecule has 2 N–H and O–H groups in total. The third kappa shape index (κ3) is 7.85. The molecule has 0 aliphatic rings. The number of thiazole rings is 1. The van der Waals surface area contributed by atoms with Gasteiger partial charge < -0.3 is 10.1 Å². The summed E-state index contributed by atoms with van der Waals surface area (Å²) in [5.41, 5.74) is 8.55. The number of amides is 1. The van der Waals surface area contributed by atoms with Crippen molar-refractivity contribution in [3.63, 3.8) is 0 Å². The van der Waals surface area contributed by atoms with Gasteiger partial charge in [0.05, 0.1) is 22.0 Å². The van der Waals surface area contributed by atoms with Gasteiger partial charge in [0.15, 0.2) is 10.9 Å². The molecule has 0 bridgehead atoms. The Morgan fingerprint density at radius 2 is 1.68 bits per heavy atom. The largest absolute Gasteiger partial charge is 0.486 e. The lowest BCUT2D eigenvalue weighted by atomic mass is 10.1. The van der Waals surface area contributed by atoms with Gasteiger partial charge in [-0.1, -0.05) is 65.2 Å². The summed E-state index contributed by atoms with van der Waals surface area (Å²) in [6.45, 7) is 2.39. The van der Waals surface area contributed by atoms with E-state index < -0.39 is 0 Å². The smallest absolute Gasteiger partial charge is 0.271 e. The first-order chi connectivity index (χ1) is 19.8. The van der Waals surface area contributed by atoms with Crippen molar-refractivity contribution >= 4 is 80.1 Å². The van der Waals surface area contributed by atoms with Crippen molar-refractivity contribution in [2.75, 3.05) is 5.32 Å². The molecule has 0 fully saturated rings. The minimum absolute atomic E-state index is 0.340. The number of nitrogens with zero attached hydrogens (tertiary/aromatic N) is 2. The molecule has 0 radical (unpaired) electrons. The zero-order chi connectivity index (χ0) is 28.8. The van der Waals surface area contributed by atoms with Crippen LogP contribution in [-0.4, -0.2) is 17.1 Å². The van der Waals surface area contributed by atoms with Gasteiger partial charge in [0.1, 0.15) is 6.61 Å². The summed E-state index contributed by atoms with van der Waals surface area (Å²) in [5, 5.41) is 10.9. The lowest BCUT2D eigenvalue weighted by molar-refractivity contribution is 0.0955. The molecule has 0 saturated carbocycles. The van der Waals surface area contributed by atoms with Crippen LogP contribution in [0, 0.1) is 10.5 Å². The first-order valence-electron chi connectivity index (χ1n) is 12.4. The predicted octanol–water partition coefficient (Wildman–Crippen LogP) is 9.12. The van der Waals surface area contributed by atoms with Crippen LogP contribution in [0.2, 0.25) is 10.0 Å². The van der Waals surface area contributed by atoms with Crippen LogP contribution in [0.4, 0.5) is 10.8 Å². The van der Waals surface area contributed by atoms with Crippen LogP contribution in [0.15, 0.2) is 95.4 Å². The number of carbonyl (C=O) groups excluding carboxylic acids is 1. The molecular formula is C31H23Cl2IN4O2S. The van der Waals surface area contributed by atoms with Crippen LogP contribution < -0.4 is 15.5 Å². The number of nitrogens with one attached hydrogen (secondary N) is 2. The van der Waals surface area contributed by atoms with Gasteiger partial charge in [-0.25, -0.2) is 10.4 Å². The SMILES string of the molecule is Cc1ccc(Nc2nc(-c3ccc(C(=O)N/N=C\c4cc(Cl)c(OCc5ccc(I)cc5)c(Cl)c4)cc3)cs2)cc1. The summed E-state index contributed by atoms with van der Waals surface area (Å²) in [6.07, 6.45) is 1.48. The number of benzene rings is 4. The number of anilines is 2. The maximum absolute atomic E-state index is 12.6. The van der Waals surface area contributed by atoms with E-state index in [1.807, 2.05) is 66.0 Å². The summed E-state index contributed by atoms with van der Waals surface area (Å²) in [4.78, 5) is 17.3. The van der Waals surface area contributed by atoms with E-state index in [9.17, 15) is 4.79 Å². The Kier molecular flexibility index (Phi) is 9.56. The summed E-state index contributed by atoms with van der Waals surface area (Å²) in [5.74, 6) is 0.0498. The average molecular weight is 713 g/mol. The number of hydrogen-bond donors (Lipinski definition) is 2. The Balaban J connectivity index is 1.16. The molecule has 0 aliphatic carbocycles. The Hall–Kier alpha value is -3.44. The van der Waals surface area contributed by atoms with Crippen molar-refractivity contribution in [2.24, 2.45) is 5.10 Å². The molecule has 0 saturated heterocycles. The van der Waals surface area contributed by atoms with Crippen molar-refractivity contribution in [3.8, 4) is 17.0 Å². The highest BCUT2D eigenvalue weighted by atomic mass is 127.